The van der Waals surface area contributed by atoms with Gasteiger partial charge in [0.1, 0.15) is 0 Å². The first-order valence-corrected chi connectivity index (χ1v) is 14.8. The van der Waals surface area contributed by atoms with Gasteiger partial charge in [-0.25, -0.2) is 9.80 Å². The van der Waals surface area contributed by atoms with Gasteiger partial charge in [-0.3, -0.25) is 39.4 Å². The summed E-state index contributed by atoms with van der Waals surface area (Å²) in [6, 6.07) is 15.2. The van der Waals surface area contributed by atoms with Crippen LogP contribution in [0.3, 0.4) is 0 Å². The van der Waals surface area contributed by atoms with Crippen LogP contribution < -0.4 is 14.5 Å². The minimum Gasteiger partial charge on any atom is -0.504 e. The summed E-state index contributed by atoms with van der Waals surface area (Å²) < 4.78 is 5.34. The van der Waals surface area contributed by atoms with E-state index in [1.54, 1.807) is 18.2 Å². The number of para-hydroxylation sites is 1. The number of benzene rings is 3. The molecule has 1 saturated carbocycles. The quantitative estimate of drug-likeness (QED) is 0.177. The van der Waals surface area contributed by atoms with Crippen molar-refractivity contribution < 1.29 is 38.9 Å². The average Bonchev–Trinajstić information content (AvgIpc) is 3.47. The Morgan fingerprint density at radius 3 is 1.87 bits per heavy atom. The van der Waals surface area contributed by atoms with E-state index in [1.165, 1.54) is 49.6 Å². The van der Waals surface area contributed by atoms with Crippen LogP contribution in [0.25, 0.3) is 0 Å². The number of hydrogen-bond donors (Lipinski definition) is 1. The van der Waals surface area contributed by atoms with Crippen LogP contribution in [0.2, 0.25) is 0 Å². The van der Waals surface area contributed by atoms with Gasteiger partial charge in [-0.15, -0.1) is 0 Å². The monoisotopic (exact) mass is 638 g/mol. The van der Waals surface area contributed by atoms with Gasteiger partial charge in [0.25, 0.3) is 11.4 Å². The summed E-state index contributed by atoms with van der Waals surface area (Å²) in [6.07, 6.45) is 1.94. The van der Waals surface area contributed by atoms with Crippen molar-refractivity contribution in [1.29, 1.82) is 0 Å². The van der Waals surface area contributed by atoms with Crippen LogP contribution >= 0.6 is 0 Å². The van der Waals surface area contributed by atoms with Crippen molar-refractivity contribution in [2.24, 2.45) is 29.6 Å². The molecule has 2 heterocycles. The Labute approximate surface area is 266 Å². The van der Waals surface area contributed by atoms with E-state index in [2.05, 4.69) is 0 Å². The van der Waals surface area contributed by atoms with Gasteiger partial charge in [0.05, 0.1) is 52.0 Å². The van der Waals surface area contributed by atoms with Gasteiger partial charge in [0, 0.05) is 35.7 Å². The van der Waals surface area contributed by atoms with E-state index in [0.29, 0.717) is 11.1 Å². The number of phenolic OH excluding ortho intramolecular Hbond substituents is 1. The summed E-state index contributed by atoms with van der Waals surface area (Å²) in [5.41, 5.74) is 0.390. The van der Waals surface area contributed by atoms with Gasteiger partial charge in [0.15, 0.2) is 11.5 Å². The molecule has 2 aliphatic heterocycles. The molecule has 0 unspecified atom stereocenters. The van der Waals surface area contributed by atoms with Crippen LogP contribution in [-0.2, 0) is 19.2 Å². The van der Waals surface area contributed by atoms with Crippen molar-refractivity contribution in [3.63, 3.8) is 0 Å². The molecule has 238 valence electrons. The average molecular weight is 639 g/mol. The molecule has 14 nitrogen and oxygen atoms in total. The molecule has 14 heteroatoms. The van der Waals surface area contributed by atoms with Gasteiger partial charge in [0.2, 0.25) is 23.6 Å². The van der Waals surface area contributed by atoms with Gasteiger partial charge >= 0.3 is 0 Å². The van der Waals surface area contributed by atoms with E-state index in [1.807, 2.05) is 0 Å². The molecule has 2 aliphatic carbocycles. The van der Waals surface area contributed by atoms with Crippen molar-refractivity contribution in [2.75, 3.05) is 16.9 Å². The number of methoxy groups -OCH3 is 1. The van der Waals surface area contributed by atoms with Gasteiger partial charge < -0.3 is 9.84 Å². The first kappa shape index (κ1) is 29.8. The number of ether oxygens (including phenoxy) is 1. The zero-order valence-corrected chi connectivity index (χ0v) is 24.7. The largest absolute Gasteiger partial charge is 0.504 e. The zero-order chi connectivity index (χ0) is 33.3. The number of hydrogen-bond acceptors (Lipinski definition) is 10. The minimum absolute atomic E-state index is 0.0241. The Balaban J connectivity index is 1.35. The molecular formula is C33H26N4O10. The van der Waals surface area contributed by atoms with Crippen LogP contribution in [0.5, 0.6) is 11.5 Å². The van der Waals surface area contributed by atoms with Gasteiger partial charge in [-0.05, 0) is 37.0 Å². The minimum atomic E-state index is -1.03. The number of imide groups is 2. The maximum absolute atomic E-state index is 14.2. The fourth-order valence-electron chi connectivity index (χ4n) is 7.89. The number of carbonyl (C=O) groups excluding carboxylic acids is 4. The molecule has 7 rings (SSSR count). The number of allylic oxidation sites excluding steroid dienone is 2. The number of aromatic hydroxyl groups is 1. The topological polar surface area (TPSA) is 190 Å². The molecule has 0 bridgehead atoms. The number of anilines is 2. The smallest absolute Gasteiger partial charge is 0.271 e. The van der Waals surface area contributed by atoms with E-state index in [0.717, 1.165) is 21.9 Å². The molecule has 3 fully saturated rings. The highest BCUT2D eigenvalue weighted by molar-refractivity contribution is 6.24. The number of amides is 4. The molecule has 2 saturated heterocycles. The second-order valence-electron chi connectivity index (χ2n) is 12.0. The third kappa shape index (κ3) is 4.39. The first-order chi connectivity index (χ1) is 22.5. The predicted octanol–water partition coefficient (Wildman–Crippen LogP) is 4.26. The van der Waals surface area contributed by atoms with E-state index in [4.69, 9.17) is 4.74 Å². The van der Waals surface area contributed by atoms with Crippen LogP contribution in [-0.4, -0.2) is 45.7 Å². The second-order valence-corrected chi connectivity index (χ2v) is 12.0. The van der Waals surface area contributed by atoms with Gasteiger partial charge in [-0.1, -0.05) is 35.9 Å². The number of phenols is 1. The standard InChI is InChI=1S/C33H26N4O10/c1-47-25-10-4-9-21(29(25)38)26-20-11-12-22-27(32(41)34(30(22)39)16-5-2-7-18(13-16)36(43)44)23(20)15-24-28(26)33(42)35(31(24)40)17-6-3-8-19(14-17)37(45)46/h2-11,13-14,22-24,26-28,38H,12,15H2,1H3/t22-,23+,24+,26+,27-,28+/m0/s1. The molecule has 3 aromatic carbocycles. The highest BCUT2D eigenvalue weighted by atomic mass is 16.6. The molecule has 0 aromatic heterocycles. The molecular weight excluding hydrogens is 612 g/mol. The van der Waals surface area contributed by atoms with E-state index >= 15 is 0 Å². The molecule has 0 radical (unpaired) electrons. The number of rotatable bonds is 6. The maximum atomic E-state index is 14.2. The third-order valence-electron chi connectivity index (χ3n) is 9.83. The lowest BCUT2D eigenvalue weighted by molar-refractivity contribution is -0.385. The zero-order valence-electron chi connectivity index (χ0n) is 24.7. The summed E-state index contributed by atoms with van der Waals surface area (Å²) in [5, 5.41) is 34.3. The van der Waals surface area contributed by atoms with Gasteiger partial charge in [-0.2, -0.15) is 0 Å². The molecule has 0 spiro atoms. The Bertz CT molecular complexity index is 1960. The van der Waals surface area contributed by atoms with Crippen LogP contribution in [0.4, 0.5) is 22.7 Å². The Kier molecular flexibility index (Phi) is 6.88. The highest BCUT2D eigenvalue weighted by Crippen LogP contribution is 2.60. The lowest BCUT2D eigenvalue weighted by Crippen LogP contribution is -2.43. The number of nitro benzene ring substituents is 2. The van der Waals surface area contributed by atoms with E-state index in [9.17, 15) is 44.5 Å². The molecule has 3 aromatic rings. The van der Waals surface area contributed by atoms with E-state index < -0.39 is 69.0 Å². The number of nitrogens with zero attached hydrogens (tertiary/aromatic N) is 4. The van der Waals surface area contributed by atoms with Crippen LogP contribution in [0.1, 0.15) is 24.3 Å². The second kappa shape index (κ2) is 10.9. The summed E-state index contributed by atoms with van der Waals surface area (Å²) in [4.78, 5) is 79.8. The molecule has 47 heavy (non-hydrogen) atoms. The maximum Gasteiger partial charge on any atom is 0.271 e. The van der Waals surface area contributed by atoms with E-state index in [-0.39, 0.29) is 47.1 Å². The molecule has 4 amide bonds. The number of nitro groups is 2. The van der Waals surface area contributed by atoms with Crippen molar-refractivity contribution >= 4 is 46.4 Å². The Morgan fingerprint density at radius 1 is 0.745 bits per heavy atom. The third-order valence-corrected chi connectivity index (χ3v) is 9.83. The number of non-ortho nitro benzene ring substituents is 2. The molecule has 4 aliphatic rings. The summed E-state index contributed by atoms with van der Waals surface area (Å²) in [5.74, 6) is -7.80. The summed E-state index contributed by atoms with van der Waals surface area (Å²) in [7, 11) is 1.37. The van der Waals surface area contributed by atoms with Crippen molar-refractivity contribution in [3.05, 3.63) is 104 Å². The lowest BCUT2D eigenvalue weighted by atomic mass is 9.57. The fourth-order valence-corrected chi connectivity index (χ4v) is 7.89. The lowest BCUT2D eigenvalue weighted by Gasteiger charge is -2.44. The Morgan fingerprint density at radius 2 is 1.30 bits per heavy atom. The van der Waals surface area contributed by atoms with Crippen molar-refractivity contribution in [3.8, 4) is 11.5 Å². The Hall–Kier alpha value is -5.92. The fraction of sp³-hybridized carbons (Fsp3) is 0.273. The normalized spacial score (nSPS) is 26.4. The first-order valence-electron chi connectivity index (χ1n) is 14.8. The molecule has 6 atom stereocenters. The molecule has 1 N–H and O–H groups in total. The highest BCUT2D eigenvalue weighted by Gasteiger charge is 2.62. The summed E-state index contributed by atoms with van der Waals surface area (Å²) in [6.45, 7) is 0. The predicted molar refractivity (Wildman–Crippen MR) is 163 cm³/mol. The number of fused-ring (bicyclic) bond motifs is 4. The number of carbonyl (C=O) groups is 4. The van der Waals surface area contributed by atoms with Crippen molar-refractivity contribution in [1.82, 2.24) is 0 Å². The van der Waals surface area contributed by atoms with Crippen LogP contribution in [0, 0.1) is 49.8 Å². The van der Waals surface area contributed by atoms with Crippen molar-refractivity contribution in [2.45, 2.75) is 18.8 Å². The van der Waals surface area contributed by atoms with Crippen LogP contribution in [0.15, 0.2) is 78.4 Å². The SMILES string of the molecule is COc1cccc([C@H]2C3=CC[C@@H]4C(=O)N(c5cccc([N+](=O)[O-])c5)C(=O)[C@@H]4[C@@H]3C[C@H]3C(=O)N(c4cccc([N+](=O)[O-])c4)C(=O)[C@@H]23)c1O. The summed E-state index contributed by atoms with van der Waals surface area (Å²) >= 11 is 0.